The maximum atomic E-state index is 12.8. The van der Waals surface area contributed by atoms with E-state index >= 15 is 0 Å². The number of hydrogen-bond donors (Lipinski definition) is 1. The minimum atomic E-state index is -0.662. The predicted molar refractivity (Wildman–Crippen MR) is 108 cm³/mol. The predicted octanol–water partition coefficient (Wildman–Crippen LogP) is 2.53. The molecule has 2 aromatic rings. The molecule has 2 aliphatic heterocycles. The first-order valence-electron chi connectivity index (χ1n) is 9.55. The molecule has 4 rings (SSSR count). The van der Waals surface area contributed by atoms with Crippen molar-refractivity contribution in [2.24, 2.45) is 0 Å². The van der Waals surface area contributed by atoms with Gasteiger partial charge in [0.15, 0.2) is 11.5 Å². The van der Waals surface area contributed by atoms with E-state index in [0.717, 1.165) is 5.56 Å². The van der Waals surface area contributed by atoms with Crippen molar-refractivity contribution in [2.45, 2.75) is 12.6 Å². The number of ether oxygens (including phenoxy) is 2. The number of benzene rings is 2. The first kappa shape index (κ1) is 19.4. The zero-order chi connectivity index (χ0) is 20.2. The number of carbonyl (C=O) groups is 2. The molecule has 1 fully saturated rings. The Morgan fingerprint density at radius 1 is 0.966 bits per heavy atom. The Morgan fingerprint density at radius 2 is 1.62 bits per heavy atom. The van der Waals surface area contributed by atoms with Gasteiger partial charge in [0.05, 0.1) is 0 Å². The SMILES string of the molecule is O=C(NCc1ccccc1Cl)N1CCN(C(=O)C2COc3ccccc3O2)CC1. The van der Waals surface area contributed by atoms with E-state index in [-0.39, 0.29) is 18.5 Å². The Bertz CT molecular complexity index is 899. The van der Waals surface area contributed by atoms with Crippen LogP contribution >= 0.6 is 11.6 Å². The molecule has 29 heavy (non-hydrogen) atoms. The minimum Gasteiger partial charge on any atom is -0.485 e. The fraction of sp³-hybridized carbons (Fsp3) is 0.333. The summed E-state index contributed by atoms with van der Waals surface area (Å²) in [7, 11) is 0. The van der Waals surface area contributed by atoms with Crippen molar-refractivity contribution >= 4 is 23.5 Å². The van der Waals surface area contributed by atoms with E-state index in [9.17, 15) is 9.59 Å². The lowest BCUT2D eigenvalue weighted by Crippen LogP contribution is -2.56. The zero-order valence-corrected chi connectivity index (χ0v) is 16.6. The Balaban J connectivity index is 1.26. The third kappa shape index (κ3) is 4.40. The summed E-state index contributed by atoms with van der Waals surface area (Å²) in [5.41, 5.74) is 0.867. The molecule has 7 nitrogen and oxygen atoms in total. The minimum absolute atomic E-state index is 0.115. The lowest BCUT2D eigenvalue weighted by Gasteiger charge is -2.37. The van der Waals surface area contributed by atoms with Crippen LogP contribution in [0.1, 0.15) is 5.56 Å². The fourth-order valence-corrected chi connectivity index (χ4v) is 3.60. The standard InChI is InChI=1S/C21H22ClN3O4/c22-16-6-2-1-5-15(16)13-23-21(27)25-11-9-24(10-12-25)20(26)19-14-28-17-7-3-4-8-18(17)29-19/h1-8,19H,9-14H2,(H,23,27). The number of amides is 3. The van der Waals surface area contributed by atoms with Crippen LogP contribution in [0.2, 0.25) is 5.02 Å². The summed E-state index contributed by atoms with van der Waals surface area (Å²) in [4.78, 5) is 28.6. The van der Waals surface area contributed by atoms with E-state index in [1.54, 1.807) is 21.9 Å². The highest BCUT2D eigenvalue weighted by molar-refractivity contribution is 6.31. The Kier molecular flexibility index (Phi) is 5.76. The van der Waals surface area contributed by atoms with E-state index in [1.165, 1.54) is 0 Å². The van der Waals surface area contributed by atoms with Gasteiger partial charge in [-0.25, -0.2) is 4.79 Å². The van der Waals surface area contributed by atoms with Crippen LogP contribution in [0.5, 0.6) is 11.5 Å². The molecule has 8 heteroatoms. The van der Waals surface area contributed by atoms with Crippen LogP contribution in [0, 0.1) is 0 Å². The number of para-hydroxylation sites is 2. The first-order chi connectivity index (χ1) is 14.1. The molecule has 0 radical (unpaired) electrons. The maximum Gasteiger partial charge on any atom is 0.317 e. The molecular formula is C21H22ClN3O4. The van der Waals surface area contributed by atoms with Gasteiger partial charge in [-0.3, -0.25) is 4.79 Å². The average Bonchev–Trinajstić information content (AvgIpc) is 2.77. The van der Waals surface area contributed by atoms with Crippen molar-refractivity contribution in [3.63, 3.8) is 0 Å². The van der Waals surface area contributed by atoms with Crippen LogP contribution in [0.3, 0.4) is 0 Å². The maximum absolute atomic E-state index is 12.8. The molecule has 0 saturated carbocycles. The van der Waals surface area contributed by atoms with E-state index in [2.05, 4.69) is 5.32 Å². The van der Waals surface area contributed by atoms with Crippen LogP contribution in [0.25, 0.3) is 0 Å². The molecule has 0 bridgehead atoms. The lowest BCUT2D eigenvalue weighted by molar-refractivity contribution is -0.142. The van der Waals surface area contributed by atoms with Gasteiger partial charge in [-0.05, 0) is 23.8 Å². The molecule has 0 aromatic heterocycles. The van der Waals surface area contributed by atoms with E-state index in [0.29, 0.717) is 49.2 Å². The number of carbonyl (C=O) groups excluding carboxylic acids is 2. The Labute approximate surface area is 174 Å². The molecule has 1 N–H and O–H groups in total. The summed E-state index contributed by atoms with van der Waals surface area (Å²) >= 11 is 6.12. The summed E-state index contributed by atoms with van der Waals surface area (Å²) in [6, 6.07) is 14.5. The smallest absolute Gasteiger partial charge is 0.317 e. The van der Waals surface area contributed by atoms with Gasteiger partial charge in [0, 0.05) is 37.7 Å². The summed E-state index contributed by atoms with van der Waals surface area (Å²) < 4.78 is 11.4. The molecule has 0 spiro atoms. The normalized spacial score (nSPS) is 18.3. The number of fused-ring (bicyclic) bond motifs is 1. The highest BCUT2D eigenvalue weighted by Crippen LogP contribution is 2.31. The van der Waals surface area contributed by atoms with E-state index in [1.807, 2.05) is 36.4 Å². The summed E-state index contributed by atoms with van der Waals surface area (Å²) in [5, 5.41) is 3.51. The topological polar surface area (TPSA) is 71.1 Å². The van der Waals surface area contributed by atoms with Crippen molar-refractivity contribution < 1.29 is 19.1 Å². The molecule has 1 atom stereocenters. The first-order valence-corrected chi connectivity index (χ1v) is 9.93. The molecule has 3 amide bonds. The van der Waals surface area contributed by atoms with Crippen molar-refractivity contribution in [1.29, 1.82) is 0 Å². The number of halogens is 1. The summed E-state index contributed by atoms with van der Waals surface area (Å²) in [6.07, 6.45) is -0.662. The van der Waals surface area contributed by atoms with Crippen molar-refractivity contribution in [2.75, 3.05) is 32.8 Å². The quantitative estimate of drug-likeness (QED) is 0.836. The van der Waals surface area contributed by atoms with Crippen molar-refractivity contribution in [1.82, 2.24) is 15.1 Å². The van der Waals surface area contributed by atoms with Gasteiger partial charge in [-0.1, -0.05) is 41.9 Å². The average molecular weight is 416 g/mol. The number of nitrogens with one attached hydrogen (secondary N) is 1. The molecule has 2 aliphatic rings. The molecule has 0 aliphatic carbocycles. The molecule has 152 valence electrons. The zero-order valence-electron chi connectivity index (χ0n) is 15.8. The van der Waals surface area contributed by atoms with E-state index in [4.69, 9.17) is 21.1 Å². The number of piperazine rings is 1. The second kappa shape index (κ2) is 8.61. The highest BCUT2D eigenvalue weighted by atomic mass is 35.5. The molecular weight excluding hydrogens is 394 g/mol. The van der Waals surface area contributed by atoms with E-state index < -0.39 is 6.10 Å². The third-order valence-corrected chi connectivity index (χ3v) is 5.42. The Hall–Kier alpha value is -2.93. The largest absolute Gasteiger partial charge is 0.485 e. The van der Waals surface area contributed by atoms with Crippen LogP contribution in [-0.4, -0.2) is 60.6 Å². The van der Waals surface area contributed by atoms with Gasteiger partial charge >= 0.3 is 6.03 Å². The van der Waals surface area contributed by atoms with Gasteiger partial charge in [-0.15, -0.1) is 0 Å². The Morgan fingerprint density at radius 3 is 2.38 bits per heavy atom. The lowest BCUT2D eigenvalue weighted by atomic mass is 10.2. The van der Waals surface area contributed by atoms with Gasteiger partial charge < -0.3 is 24.6 Å². The van der Waals surface area contributed by atoms with Crippen LogP contribution in [-0.2, 0) is 11.3 Å². The van der Waals surface area contributed by atoms with Gasteiger partial charge in [0.1, 0.15) is 6.61 Å². The molecule has 1 saturated heterocycles. The monoisotopic (exact) mass is 415 g/mol. The summed E-state index contributed by atoms with van der Waals surface area (Å²) in [6.45, 7) is 2.40. The number of rotatable bonds is 3. The number of urea groups is 1. The van der Waals surface area contributed by atoms with Crippen LogP contribution < -0.4 is 14.8 Å². The van der Waals surface area contributed by atoms with Gasteiger partial charge in [0.2, 0.25) is 6.10 Å². The highest BCUT2D eigenvalue weighted by Gasteiger charge is 2.33. The number of nitrogens with zero attached hydrogens (tertiary/aromatic N) is 2. The molecule has 2 heterocycles. The van der Waals surface area contributed by atoms with Crippen molar-refractivity contribution in [3.05, 3.63) is 59.1 Å². The molecule has 1 unspecified atom stereocenters. The second-order valence-corrected chi connectivity index (χ2v) is 7.33. The van der Waals surface area contributed by atoms with Gasteiger partial charge in [0.25, 0.3) is 5.91 Å². The second-order valence-electron chi connectivity index (χ2n) is 6.93. The van der Waals surface area contributed by atoms with Crippen LogP contribution in [0.15, 0.2) is 48.5 Å². The number of hydrogen-bond acceptors (Lipinski definition) is 4. The molecule has 2 aromatic carbocycles. The third-order valence-electron chi connectivity index (χ3n) is 5.05. The summed E-state index contributed by atoms with van der Waals surface area (Å²) in [5.74, 6) is 1.11. The van der Waals surface area contributed by atoms with Crippen LogP contribution in [0.4, 0.5) is 4.79 Å². The fourth-order valence-electron chi connectivity index (χ4n) is 3.40. The van der Waals surface area contributed by atoms with Crippen molar-refractivity contribution in [3.8, 4) is 11.5 Å². The van der Waals surface area contributed by atoms with Gasteiger partial charge in [-0.2, -0.15) is 0 Å².